The summed E-state index contributed by atoms with van der Waals surface area (Å²) in [5.41, 5.74) is 1.99. The lowest BCUT2D eigenvalue weighted by molar-refractivity contribution is 0.456. The van der Waals surface area contributed by atoms with Gasteiger partial charge in [-0.05, 0) is 42.3 Å². The third kappa shape index (κ3) is 2.98. The Morgan fingerprint density at radius 1 is 1.20 bits per heavy atom. The second-order valence-corrected chi connectivity index (χ2v) is 5.89. The second kappa shape index (κ2) is 6.39. The number of rotatable bonds is 5. The highest BCUT2D eigenvalue weighted by molar-refractivity contribution is 5.73. The molecule has 0 fully saturated rings. The summed E-state index contributed by atoms with van der Waals surface area (Å²) in [7, 11) is 0. The molecular weight excluding hydrogens is 321 g/mol. The maximum absolute atomic E-state index is 13.2. The van der Waals surface area contributed by atoms with Crippen LogP contribution >= 0.6 is 0 Å². The van der Waals surface area contributed by atoms with E-state index in [2.05, 4.69) is 9.97 Å². The van der Waals surface area contributed by atoms with Gasteiger partial charge in [0, 0.05) is 18.7 Å². The van der Waals surface area contributed by atoms with Crippen molar-refractivity contribution in [3.63, 3.8) is 0 Å². The Kier molecular flexibility index (Phi) is 3.93. The molecule has 4 rings (SSSR count). The number of hydrogen-bond donors (Lipinski definition) is 1. The van der Waals surface area contributed by atoms with Crippen LogP contribution in [0.1, 0.15) is 23.7 Å². The molecule has 6 heteroatoms. The van der Waals surface area contributed by atoms with Gasteiger partial charge in [-0.25, -0.2) is 9.37 Å². The fourth-order valence-electron chi connectivity index (χ4n) is 3.05. The first-order valence-corrected chi connectivity index (χ1v) is 8.04. The number of nitrogens with one attached hydrogen (secondary N) is 1. The summed E-state index contributed by atoms with van der Waals surface area (Å²) in [4.78, 5) is 19.7. The molecule has 3 aromatic heterocycles. The predicted molar refractivity (Wildman–Crippen MR) is 91.9 cm³/mol. The van der Waals surface area contributed by atoms with Gasteiger partial charge in [-0.2, -0.15) is 0 Å². The van der Waals surface area contributed by atoms with Crippen molar-refractivity contribution in [1.29, 1.82) is 0 Å². The van der Waals surface area contributed by atoms with E-state index in [4.69, 9.17) is 4.42 Å². The van der Waals surface area contributed by atoms with Gasteiger partial charge in [-0.15, -0.1) is 0 Å². The number of aromatic nitrogens is 3. The van der Waals surface area contributed by atoms with Gasteiger partial charge in [-0.1, -0.05) is 12.1 Å². The summed E-state index contributed by atoms with van der Waals surface area (Å²) in [6.07, 6.45) is 5.51. The van der Waals surface area contributed by atoms with Crippen LogP contribution < -0.4 is 5.56 Å². The van der Waals surface area contributed by atoms with Gasteiger partial charge in [0.15, 0.2) is 0 Å². The van der Waals surface area contributed by atoms with Crippen LogP contribution in [0.15, 0.2) is 70.5 Å². The van der Waals surface area contributed by atoms with E-state index in [1.54, 1.807) is 41.6 Å². The van der Waals surface area contributed by atoms with Crippen molar-refractivity contribution >= 4 is 11.0 Å². The van der Waals surface area contributed by atoms with Crippen molar-refractivity contribution in [2.75, 3.05) is 0 Å². The Morgan fingerprint density at radius 2 is 2.04 bits per heavy atom. The van der Waals surface area contributed by atoms with Gasteiger partial charge in [0.05, 0.1) is 18.1 Å². The SMILES string of the molecule is O=c1c2[nH]ccc2ncn1CCC(c1ccc(F)cc1)c1ccco1. The summed E-state index contributed by atoms with van der Waals surface area (Å²) in [5.74, 6) is 0.440. The van der Waals surface area contributed by atoms with Crippen LogP contribution in [0, 0.1) is 5.82 Å². The van der Waals surface area contributed by atoms with E-state index in [0.29, 0.717) is 24.0 Å². The molecule has 4 aromatic rings. The monoisotopic (exact) mass is 337 g/mol. The Bertz CT molecular complexity index is 1030. The lowest BCUT2D eigenvalue weighted by atomic mass is 9.93. The van der Waals surface area contributed by atoms with E-state index in [1.165, 1.54) is 12.1 Å². The van der Waals surface area contributed by atoms with Crippen molar-refractivity contribution in [3.8, 4) is 0 Å². The van der Waals surface area contributed by atoms with Crippen molar-refractivity contribution < 1.29 is 8.81 Å². The minimum Gasteiger partial charge on any atom is -0.469 e. The normalized spacial score (nSPS) is 12.5. The van der Waals surface area contributed by atoms with E-state index in [9.17, 15) is 9.18 Å². The molecular formula is C19H16FN3O2. The predicted octanol–water partition coefficient (Wildman–Crippen LogP) is 3.68. The second-order valence-electron chi connectivity index (χ2n) is 5.89. The number of halogens is 1. The van der Waals surface area contributed by atoms with Crippen LogP contribution in [-0.2, 0) is 6.54 Å². The van der Waals surface area contributed by atoms with Crippen molar-refractivity contribution in [2.45, 2.75) is 18.9 Å². The minimum atomic E-state index is -0.278. The van der Waals surface area contributed by atoms with Crippen LogP contribution in [0.25, 0.3) is 11.0 Å². The highest BCUT2D eigenvalue weighted by Gasteiger charge is 2.18. The van der Waals surface area contributed by atoms with Crippen molar-refractivity contribution in [2.24, 2.45) is 0 Å². The quantitative estimate of drug-likeness (QED) is 0.604. The Balaban J connectivity index is 1.63. The average Bonchev–Trinajstić information content (AvgIpc) is 3.30. The number of H-pyrrole nitrogens is 1. The molecule has 1 atom stereocenters. The number of aromatic amines is 1. The molecule has 0 aliphatic heterocycles. The highest BCUT2D eigenvalue weighted by atomic mass is 19.1. The zero-order chi connectivity index (χ0) is 17.2. The van der Waals surface area contributed by atoms with Gasteiger partial charge >= 0.3 is 0 Å². The van der Waals surface area contributed by atoms with Crippen molar-refractivity contribution in [3.05, 3.63) is 88.7 Å². The Morgan fingerprint density at radius 3 is 2.80 bits per heavy atom. The summed E-state index contributed by atoms with van der Waals surface area (Å²) >= 11 is 0. The number of nitrogens with zero attached hydrogens (tertiary/aromatic N) is 2. The first-order valence-electron chi connectivity index (χ1n) is 8.04. The fraction of sp³-hybridized carbons (Fsp3) is 0.158. The van der Waals surface area contributed by atoms with E-state index >= 15 is 0 Å². The molecule has 0 aliphatic carbocycles. The first-order chi connectivity index (χ1) is 12.2. The molecule has 1 unspecified atom stereocenters. The molecule has 0 saturated heterocycles. The van der Waals surface area contributed by atoms with Crippen LogP contribution in [0.2, 0.25) is 0 Å². The molecule has 0 amide bonds. The van der Waals surface area contributed by atoms with Gasteiger partial charge in [-0.3, -0.25) is 9.36 Å². The van der Waals surface area contributed by atoms with Crippen LogP contribution in [0.5, 0.6) is 0 Å². The third-order valence-corrected chi connectivity index (χ3v) is 4.35. The molecule has 1 aromatic carbocycles. The summed E-state index contributed by atoms with van der Waals surface area (Å²) in [6, 6.07) is 11.8. The molecule has 0 radical (unpaired) electrons. The number of fused-ring (bicyclic) bond motifs is 1. The molecule has 5 nitrogen and oxygen atoms in total. The van der Waals surface area contributed by atoms with E-state index in [1.807, 2.05) is 12.1 Å². The molecule has 0 aliphatic rings. The van der Waals surface area contributed by atoms with Crippen LogP contribution in [-0.4, -0.2) is 14.5 Å². The third-order valence-electron chi connectivity index (χ3n) is 4.35. The topological polar surface area (TPSA) is 63.8 Å². The summed E-state index contributed by atoms with van der Waals surface area (Å²) in [5, 5.41) is 0. The van der Waals surface area contributed by atoms with E-state index in [-0.39, 0.29) is 17.3 Å². The van der Waals surface area contributed by atoms with Crippen LogP contribution in [0.3, 0.4) is 0 Å². The van der Waals surface area contributed by atoms with Crippen molar-refractivity contribution in [1.82, 2.24) is 14.5 Å². The average molecular weight is 337 g/mol. The van der Waals surface area contributed by atoms with E-state index in [0.717, 1.165) is 11.3 Å². The van der Waals surface area contributed by atoms with Gasteiger partial charge in [0.1, 0.15) is 17.1 Å². The number of aryl methyl sites for hydroxylation is 1. The van der Waals surface area contributed by atoms with Gasteiger partial charge in [0.25, 0.3) is 5.56 Å². The fourth-order valence-corrected chi connectivity index (χ4v) is 3.05. The first kappa shape index (κ1) is 15.4. The molecule has 1 N–H and O–H groups in total. The number of benzene rings is 1. The largest absolute Gasteiger partial charge is 0.469 e. The van der Waals surface area contributed by atoms with Gasteiger partial charge < -0.3 is 9.40 Å². The van der Waals surface area contributed by atoms with Crippen LogP contribution in [0.4, 0.5) is 4.39 Å². The summed E-state index contributed by atoms with van der Waals surface area (Å²) in [6.45, 7) is 0.476. The smallest absolute Gasteiger partial charge is 0.277 e. The number of hydrogen-bond acceptors (Lipinski definition) is 3. The standard InChI is InChI=1S/C19H16FN3O2/c20-14-5-3-13(4-6-14)15(17-2-1-11-25-17)8-10-23-12-22-16-7-9-21-18(16)19(23)24/h1-7,9,11-12,15,21H,8,10H2. The zero-order valence-corrected chi connectivity index (χ0v) is 13.4. The lowest BCUT2D eigenvalue weighted by Gasteiger charge is -2.16. The molecule has 0 saturated carbocycles. The minimum absolute atomic E-state index is 0.0677. The molecule has 126 valence electrons. The maximum atomic E-state index is 13.2. The Labute approximate surface area is 142 Å². The highest BCUT2D eigenvalue weighted by Crippen LogP contribution is 2.29. The Hall–Kier alpha value is -3.15. The molecule has 0 bridgehead atoms. The maximum Gasteiger partial charge on any atom is 0.277 e. The van der Waals surface area contributed by atoms with Gasteiger partial charge in [0.2, 0.25) is 0 Å². The summed E-state index contributed by atoms with van der Waals surface area (Å²) < 4.78 is 20.4. The zero-order valence-electron chi connectivity index (χ0n) is 13.4. The molecule has 0 spiro atoms. The molecule has 25 heavy (non-hydrogen) atoms. The molecule has 3 heterocycles. The lowest BCUT2D eigenvalue weighted by Crippen LogP contribution is -2.21. The number of furan rings is 1. The van der Waals surface area contributed by atoms with E-state index < -0.39 is 0 Å².